The molecule has 3 heterocycles. The van der Waals surface area contributed by atoms with Gasteiger partial charge in [0.25, 0.3) is 5.56 Å². The zero-order valence-corrected chi connectivity index (χ0v) is 24.4. The molecular weight excluding hydrogens is 607 g/mol. The summed E-state index contributed by atoms with van der Waals surface area (Å²) in [5.74, 6) is 0. The lowest BCUT2D eigenvalue weighted by atomic mass is 10.1. The Kier molecular flexibility index (Phi) is 9.38. The van der Waals surface area contributed by atoms with E-state index in [4.69, 9.17) is 21.3 Å². The van der Waals surface area contributed by atoms with Crippen LogP contribution < -0.4 is 10.5 Å². The van der Waals surface area contributed by atoms with E-state index in [2.05, 4.69) is 52.2 Å². The van der Waals surface area contributed by atoms with Crippen LogP contribution in [-0.2, 0) is 17.9 Å². The molecular formula is C27H30ClIN4O2S. The van der Waals surface area contributed by atoms with Gasteiger partial charge in [-0.25, -0.2) is 4.98 Å². The molecule has 36 heavy (non-hydrogen) atoms. The normalized spacial score (nSPS) is 11.4. The standard InChI is InChI=1S/C27H30ClIN4O2S/c1-4-7-31(8-5-2)23-14-24-25(17-33(36-29)27(24)30-15-23)21-6-9-32(26(34)13-21)16-19-10-20(18-35-3)12-22(28)11-19/h6,9-15,17H,4-5,7-8,16,18H2,1-3H3. The van der Waals surface area contributed by atoms with Crippen LogP contribution in [0.25, 0.3) is 22.2 Å². The van der Waals surface area contributed by atoms with Crippen LogP contribution in [0.3, 0.4) is 0 Å². The monoisotopic (exact) mass is 636 g/mol. The highest BCUT2D eigenvalue weighted by molar-refractivity contribution is 14.2. The molecule has 0 saturated heterocycles. The third kappa shape index (κ3) is 6.10. The minimum atomic E-state index is -0.0634. The molecule has 0 aliphatic carbocycles. The first-order valence-corrected chi connectivity index (χ1v) is 15.7. The van der Waals surface area contributed by atoms with Gasteiger partial charge in [0.15, 0.2) is 5.65 Å². The van der Waals surface area contributed by atoms with E-state index in [1.54, 1.807) is 26.9 Å². The molecule has 0 aliphatic heterocycles. The van der Waals surface area contributed by atoms with Crippen LogP contribution in [0.4, 0.5) is 5.69 Å². The number of aromatic nitrogens is 3. The Morgan fingerprint density at radius 3 is 2.53 bits per heavy atom. The molecule has 4 rings (SSSR count). The summed E-state index contributed by atoms with van der Waals surface area (Å²) in [4.78, 5) is 20.3. The zero-order chi connectivity index (χ0) is 25.7. The maximum atomic E-state index is 13.1. The fraction of sp³-hybridized carbons (Fsp3) is 0.333. The third-order valence-corrected chi connectivity index (χ3v) is 7.93. The second-order valence-electron chi connectivity index (χ2n) is 8.77. The molecule has 0 N–H and O–H groups in total. The SMILES string of the molecule is CCCN(CCC)c1cnc2c(c1)c(-c1ccn(Cc3cc(Cl)cc(COC)c3)c(=O)c1)cn2SI. The Morgan fingerprint density at radius 2 is 1.86 bits per heavy atom. The average molecular weight is 637 g/mol. The molecule has 4 aromatic rings. The van der Waals surface area contributed by atoms with E-state index in [0.717, 1.165) is 64.9 Å². The van der Waals surface area contributed by atoms with Gasteiger partial charge in [-0.2, -0.15) is 0 Å². The summed E-state index contributed by atoms with van der Waals surface area (Å²) >= 11 is 8.55. The van der Waals surface area contributed by atoms with Crippen molar-refractivity contribution in [1.82, 2.24) is 13.5 Å². The number of ether oxygens (including phenoxy) is 1. The minimum absolute atomic E-state index is 0.0634. The minimum Gasteiger partial charge on any atom is -0.380 e. The van der Waals surface area contributed by atoms with Crippen LogP contribution >= 0.6 is 41.9 Å². The lowest BCUT2D eigenvalue weighted by Gasteiger charge is -2.23. The van der Waals surface area contributed by atoms with Crippen molar-refractivity contribution < 1.29 is 4.74 Å². The Bertz CT molecular complexity index is 1400. The van der Waals surface area contributed by atoms with Crippen LogP contribution in [0.2, 0.25) is 5.02 Å². The quantitative estimate of drug-likeness (QED) is 0.163. The fourth-order valence-electron chi connectivity index (χ4n) is 4.49. The first-order chi connectivity index (χ1) is 17.5. The number of methoxy groups -OCH3 is 1. The lowest BCUT2D eigenvalue weighted by molar-refractivity contribution is 0.185. The predicted molar refractivity (Wildman–Crippen MR) is 160 cm³/mol. The predicted octanol–water partition coefficient (Wildman–Crippen LogP) is 7.19. The number of rotatable bonds is 11. The fourth-order valence-corrected chi connectivity index (χ4v) is 6.03. The van der Waals surface area contributed by atoms with Crippen molar-refractivity contribution in [3.8, 4) is 11.1 Å². The summed E-state index contributed by atoms with van der Waals surface area (Å²) in [6, 6.07) is 11.7. The number of halogens is 2. The molecule has 6 nitrogen and oxygen atoms in total. The molecule has 0 spiro atoms. The van der Waals surface area contributed by atoms with E-state index < -0.39 is 0 Å². The molecule has 0 radical (unpaired) electrons. The molecule has 0 bridgehead atoms. The number of hydrogen-bond donors (Lipinski definition) is 0. The molecule has 190 valence electrons. The maximum absolute atomic E-state index is 13.1. The topological polar surface area (TPSA) is 52.3 Å². The summed E-state index contributed by atoms with van der Waals surface area (Å²) < 4.78 is 8.98. The number of hydrogen-bond acceptors (Lipinski definition) is 5. The van der Waals surface area contributed by atoms with E-state index in [1.165, 1.54) is 0 Å². The number of benzene rings is 1. The lowest BCUT2D eigenvalue weighted by Crippen LogP contribution is -2.24. The van der Waals surface area contributed by atoms with Crippen LogP contribution in [0, 0.1) is 0 Å². The molecule has 0 amide bonds. The van der Waals surface area contributed by atoms with E-state index in [9.17, 15) is 4.79 Å². The van der Waals surface area contributed by atoms with E-state index >= 15 is 0 Å². The highest BCUT2D eigenvalue weighted by Gasteiger charge is 2.16. The Morgan fingerprint density at radius 1 is 1.11 bits per heavy atom. The Labute approximate surface area is 233 Å². The Hall–Kier alpha value is -2.01. The van der Waals surface area contributed by atoms with Gasteiger partial charge in [0.2, 0.25) is 0 Å². The number of fused-ring (bicyclic) bond motifs is 1. The largest absolute Gasteiger partial charge is 0.380 e. The molecule has 0 unspecified atom stereocenters. The van der Waals surface area contributed by atoms with Gasteiger partial charge in [0.05, 0.1) is 25.0 Å². The van der Waals surface area contributed by atoms with Gasteiger partial charge in [0, 0.05) is 85.0 Å². The van der Waals surface area contributed by atoms with Crippen LogP contribution in [0.1, 0.15) is 37.8 Å². The van der Waals surface area contributed by atoms with Gasteiger partial charge < -0.3 is 14.2 Å². The average Bonchev–Trinajstić information content (AvgIpc) is 3.23. The molecule has 0 saturated carbocycles. The van der Waals surface area contributed by atoms with Crippen LogP contribution in [0.15, 0.2) is 59.8 Å². The Balaban J connectivity index is 1.71. The van der Waals surface area contributed by atoms with Crippen molar-refractivity contribution in [2.45, 2.75) is 39.8 Å². The van der Waals surface area contributed by atoms with E-state index in [1.807, 2.05) is 40.6 Å². The second-order valence-corrected chi connectivity index (χ2v) is 10.9. The van der Waals surface area contributed by atoms with Crippen molar-refractivity contribution in [3.05, 3.63) is 81.5 Å². The zero-order valence-electron chi connectivity index (χ0n) is 20.7. The first kappa shape index (κ1) is 27.0. The number of nitrogens with zero attached hydrogens (tertiary/aromatic N) is 4. The third-order valence-electron chi connectivity index (χ3n) is 6.01. The van der Waals surface area contributed by atoms with Gasteiger partial charge in [0.1, 0.15) is 0 Å². The summed E-state index contributed by atoms with van der Waals surface area (Å²) in [6.45, 7) is 7.29. The van der Waals surface area contributed by atoms with Crippen LogP contribution in [0.5, 0.6) is 0 Å². The smallest absolute Gasteiger partial charge is 0.251 e. The molecule has 0 atom stereocenters. The van der Waals surface area contributed by atoms with Gasteiger partial charge in [-0.15, -0.1) is 0 Å². The second kappa shape index (κ2) is 12.5. The molecule has 3 aromatic heterocycles. The number of pyridine rings is 2. The molecule has 0 fully saturated rings. The van der Waals surface area contributed by atoms with Crippen molar-refractivity contribution in [2.24, 2.45) is 0 Å². The summed E-state index contributed by atoms with van der Waals surface area (Å²) in [6.07, 6.45) is 8.03. The number of anilines is 1. The molecule has 9 heteroatoms. The highest BCUT2D eigenvalue weighted by Crippen LogP contribution is 2.35. The summed E-state index contributed by atoms with van der Waals surface area (Å²) in [5.41, 5.74) is 5.78. The van der Waals surface area contributed by atoms with Crippen molar-refractivity contribution >= 4 is 58.6 Å². The van der Waals surface area contributed by atoms with Gasteiger partial charge >= 0.3 is 0 Å². The van der Waals surface area contributed by atoms with Gasteiger partial charge in [-0.1, -0.05) is 31.5 Å². The van der Waals surface area contributed by atoms with Crippen molar-refractivity contribution in [1.29, 1.82) is 0 Å². The van der Waals surface area contributed by atoms with Gasteiger partial charge in [-0.3, -0.25) is 8.77 Å². The van der Waals surface area contributed by atoms with Crippen molar-refractivity contribution in [2.75, 3.05) is 25.1 Å². The molecule has 1 aromatic carbocycles. The molecule has 0 aliphatic rings. The van der Waals surface area contributed by atoms with E-state index in [0.29, 0.717) is 18.2 Å². The van der Waals surface area contributed by atoms with Crippen LogP contribution in [-0.4, -0.2) is 33.7 Å². The highest BCUT2D eigenvalue weighted by atomic mass is 127. The van der Waals surface area contributed by atoms with Crippen molar-refractivity contribution in [3.63, 3.8) is 0 Å². The first-order valence-electron chi connectivity index (χ1n) is 12.0. The van der Waals surface area contributed by atoms with E-state index in [-0.39, 0.29) is 5.56 Å². The summed E-state index contributed by atoms with van der Waals surface area (Å²) in [7, 11) is 3.22. The summed E-state index contributed by atoms with van der Waals surface area (Å²) in [5, 5.41) is 1.68. The maximum Gasteiger partial charge on any atom is 0.251 e. The van der Waals surface area contributed by atoms with Gasteiger partial charge in [-0.05, 0) is 53.8 Å².